The van der Waals surface area contributed by atoms with Crippen LogP contribution in [0.25, 0.3) is 22.6 Å². The maximum absolute atomic E-state index is 13.8. The Kier molecular flexibility index (Phi) is 6.06. The van der Waals surface area contributed by atoms with Crippen LogP contribution >= 0.6 is 0 Å². The van der Waals surface area contributed by atoms with E-state index in [-0.39, 0.29) is 5.89 Å². The summed E-state index contributed by atoms with van der Waals surface area (Å²) in [6, 6.07) is 46.2. The summed E-state index contributed by atoms with van der Waals surface area (Å²) in [6.07, 6.45) is 0. The maximum Gasteiger partial charge on any atom is 0.438 e. The molecular formula is C34H26N2O2. The largest absolute Gasteiger partial charge is 0.438 e. The van der Waals surface area contributed by atoms with Gasteiger partial charge in [-0.3, -0.25) is 0 Å². The molecule has 0 fully saturated rings. The molecule has 4 nitrogen and oxygen atoms in total. The number of aryl methyl sites for hydroxylation is 1. The summed E-state index contributed by atoms with van der Waals surface area (Å²) in [5, 5.41) is 4.92. The lowest BCUT2D eigenvalue weighted by molar-refractivity contribution is 0.406. The fourth-order valence-corrected chi connectivity index (χ4v) is 5.16. The molecule has 0 radical (unpaired) electrons. The van der Waals surface area contributed by atoms with Crippen LogP contribution in [0.4, 0.5) is 0 Å². The zero-order valence-electron chi connectivity index (χ0n) is 21.0. The second-order valence-electron chi connectivity index (χ2n) is 9.31. The standard InChI is InChI=1S/C34H26N2O2/c1-25-21-23-26(24-22-25)30-19-11-12-20-31(30)32-35-36(33(37)38-32)34(27-13-5-2-6-14-27,28-15-7-3-8-16-28)29-17-9-4-10-18-29/h2-24H,1H3. The fourth-order valence-electron chi connectivity index (χ4n) is 5.16. The molecule has 0 unspecified atom stereocenters. The van der Waals surface area contributed by atoms with Gasteiger partial charge in [-0.05, 0) is 40.8 Å². The van der Waals surface area contributed by atoms with E-state index >= 15 is 0 Å². The van der Waals surface area contributed by atoms with Crippen LogP contribution in [-0.2, 0) is 5.54 Å². The number of benzene rings is 5. The Morgan fingerprint density at radius 2 is 1.03 bits per heavy atom. The van der Waals surface area contributed by atoms with Crippen LogP contribution in [0, 0.1) is 6.92 Å². The molecule has 0 amide bonds. The smallest absolute Gasteiger partial charge is 0.388 e. The number of aromatic nitrogens is 2. The van der Waals surface area contributed by atoms with Crippen molar-refractivity contribution in [3.8, 4) is 22.6 Å². The number of hydrogen-bond acceptors (Lipinski definition) is 3. The van der Waals surface area contributed by atoms with E-state index in [0.717, 1.165) is 33.4 Å². The van der Waals surface area contributed by atoms with Gasteiger partial charge in [0.2, 0.25) is 5.89 Å². The molecule has 0 bridgehead atoms. The first-order chi connectivity index (χ1) is 18.7. The van der Waals surface area contributed by atoms with Gasteiger partial charge in [-0.15, -0.1) is 5.10 Å². The fraction of sp³-hybridized carbons (Fsp3) is 0.0588. The van der Waals surface area contributed by atoms with Crippen molar-refractivity contribution in [2.75, 3.05) is 0 Å². The van der Waals surface area contributed by atoms with E-state index in [2.05, 4.69) is 31.2 Å². The number of rotatable bonds is 6. The monoisotopic (exact) mass is 494 g/mol. The summed E-state index contributed by atoms with van der Waals surface area (Å²) in [7, 11) is 0. The van der Waals surface area contributed by atoms with Crippen molar-refractivity contribution in [1.29, 1.82) is 0 Å². The van der Waals surface area contributed by atoms with Gasteiger partial charge in [0.15, 0.2) is 0 Å². The second kappa shape index (κ2) is 9.83. The molecule has 4 heteroatoms. The van der Waals surface area contributed by atoms with Crippen LogP contribution in [0.1, 0.15) is 22.3 Å². The Balaban J connectivity index is 1.64. The first-order valence-corrected chi connectivity index (χ1v) is 12.6. The molecule has 184 valence electrons. The van der Waals surface area contributed by atoms with Crippen LogP contribution in [0.5, 0.6) is 0 Å². The van der Waals surface area contributed by atoms with Crippen LogP contribution in [0.2, 0.25) is 0 Å². The quantitative estimate of drug-likeness (QED) is 0.228. The van der Waals surface area contributed by atoms with Gasteiger partial charge in [-0.2, -0.15) is 4.68 Å². The first-order valence-electron chi connectivity index (χ1n) is 12.6. The van der Waals surface area contributed by atoms with E-state index in [1.165, 1.54) is 10.2 Å². The zero-order chi connectivity index (χ0) is 26.0. The summed E-state index contributed by atoms with van der Waals surface area (Å²) < 4.78 is 7.45. The van der Waals surface area contributed by atoms with Crippen molar-refractivity contribution in [1.82, 2.24) is 9.78 Å². The van der Waals surface area contributed by atoms with E-state index in [1.54, 1.807) is 0 Å². The summed E-state index contributed by atoms with van der Waals surface area (Å²) in [5.74, 6) is -0.256. The normalized spacial score (nSPS) is 11.4. The molecule has 1 aromatic heterocycles. The van der Waals surface area contributed by atoms with Crippen LogP contribution < -0.4 is 5.76 Å². The highest BCUT2D eigenvalue weighted by molar-refractivity contribution is 5.79. The van der Waals surface area contributed by atoms with Crippen molar-refractivity contribution >= 4 is 0 Å². The number of nitrogens with zero attached hydrogens (tertiary/aromatic N) is 2. The highest BCUT2D eigenvalue weighted by Gasteiger charge is 2.42. The van der Waals surface area contributed by atoms with Gasteiger partial charge in [0, 0.05) is 5.56 Å². The predicted octanol–water partition coefficient (Wildman–Crippen LogP) is 7.32. The van der Waals surface area contributed by atoms with E-state index in [1.807, 2.05) is 115 Å². The molecule has 1 heterocycles. The average Bonchev–Trinajstić information content (AvgIpc) is 3.37. The zero-order valence-corrected chi connectivity index (χ0v) is 21.0. The van der Waals surface area contributed by atoms with E-state index in [9.17, 15) is 4.79 Å². The molecule has 0 N–H and O–H groups in total. The van der Waals surface area contributed by atoms with Crippen molar-refractivity contribution < 1.29 is 4.42 Å². The van der Waals surface area contributed by atoms with Gasteiger partial charge < -0.3 is 4.42 Å². The topological polar surface area (TPSA) is 48.0 Å². The van der Waals surface area contributed by atoms with Crippen LogP contribution in [-0.4, -0.2) is 9.78 Å². The summed E-state index contributed by atoms with van der Waals surface area (Å²) in [4.78, 5) is 13.8. The first kappa shape index (κ1) is 23.4. The molecule has 38 heavy (non-hydrogen) atoms. The Hall–Kier alpha value is -4.96. The van der Waals surface area contributed by atoms with Crippen molar-refractivity contribution in [2.24, 2.45) is 0 Å². The molecular weight excluding hydrogens is 468 g/mol. The Morgan fingerprint density at radius 1 is 0.579 bits per heavy atom. The lowest BCUT2D eigenvalue weighted by atomic mass is 9.77. The van der Waals surface area contributed by atoms with Crippen molar-refractivity contribution in [2.45, 2.75) is 12.5 Å². The maximum atomic E-state index is 13.8. The lowest BCUT2D eigenvalue weighted by Gasteiger charge is -2.34. The minimum absolute atomic E-state index is 0.276. The van der Waals surface area contributed by atoms with Gasteiger partial charge in [0.25, 0.3) is 0 Å². The Morgan fingerprint density at radius 3 is 1.53 bits per heavy atom. The molecule has 5 aromatic carbocycles. The predicted molar refractivity (Wildman–Crippen MR) is 151 cm³/mol. The Labute approximate surface area is 221 Å². The van der Waals surface area contributed by atoms with Crippen molar-refractivity contribution in [3.05, 3.63) is 172 Å². The van der Waals surface area contributed by atoms with Gasteiger partial charge >= 0.3 is 5.76 Å². The van der Waals surface area contributed by atoms with E-state index < -0.39 is 11.3 Å². The van der Waals surface area contributed by atoms with Crippen LogP contribution in [0.15, 0.2) is 149 Å². The molecule has 0 aliphatic rings. The molecule has 0 aliphatic carbocycles. The molecule has 0 aliphatic heterocycles. The summed E-state index contributed by atoms with van der Waals surface area (Å²) >= 11 is 0. The lowest BCUT2D eigenvalue weighted by Crippen LogP contribution is -2.43. The van der Waals surface area contributed by atoms with E-state index in [4.69, 9.17) is 9.52 Å². The van der Waals surface area contributed by atoms with Gasteiger partial charge in [-0.25, -0.2) is 4.79 Å². The SMILES string of the molecule is Cc1ccc(-c2ccccc2-c2nn(C(c3ccccc3)(c3ccccc3)c3ccccc3)c(=O)o2)cc1. The molecule has 0 spiro atoms. The third kappa shape index (κ3) is 3.97. The third-order valence-corrected chi connectivity index (χ3v) is 6.96. The minimum atomic E-state index is -1.04. The van der Waals surface area contributed by atoms with Gasteiger partial charge in [0.05, 0.1) is 0 Å². The number of hydrogen-bond donors (Lipinski definition) is 0. The van der Waals surface area contributed by atoms with Gasteiger partial charge in [0.1, 0.15) is 5.54 Å². The second-order valence-corrected chi connectivity index (χ2v) is 9.31. The molecule has 0 saturated carbocycles. The molecule has 6 rings (SSSR count). The minimum Gasteiger partial charge on any atom is -0.388 e. The highest BCUT2D eigenvalue weighted by Crippen LogP contribution is 2.40. The molecule has 0 saturated heterocycles. The van der Waals surface area contributed by atoms with Crippen molar-refractivity contribution in [3.63, 3.8) is 0 Å². The van der Waals surface area contributed by atoms with Gasteiger partial charge in [-0.1, -0.05) is 139 Å². The molecule has 0 atom stereocenters. The highest BCUT2D eigenvalue weighted by atomic mass is 16.4. The average molecular weight is 495 g/mol. The Bertz CT molecular complexity index is 1620. The summed E-state index contributed by atoms with van der Waals surface area (Å²) in [5.41, 5.74) is 5.61. The summed E-state index contributed by atoms with van der Waals surface area (Å²) in [6.45, 7) is 2.06. The van der Waals surface area contributed by atoms with E-state index in [0.29, 0.717) is 0 Å². The molecule has 6 aromatic rings. The third-order valence-electron chi connectivity index (χ3n) is 6.96. The van der Waals surface area contributed by atoms with Crippen LogP contribution in [0.3, 0.4) is 0 Å².